The first kappa shape index (κ1) is 14.9. The van der Waals surface area contributed by atoms with Crippen molar-refractivity contribution in [3.05, 3.63) is 53.9 Å². The second-order valence-electron chi connectivity index (χ2n) is 5.28. The van der Waals surface area contributed by atoms with Crippen LogP contribution in [0.3, 0.4) is 0 Å². The van der Waals surface area contributed by atoms with E-state index in [4.69, 9.17) is 17.0 Å². The molecule has 2 heterocycles. The van der Waals surface area contributed by atoms with Crippen LogP contribution in [0.2, 0.25) is 0 Å². The van der Waals surface area contributed by atoms with E-state index < -0.39 is 0 Å². The first-order valence-electron chi connectivity index (χ1n) is 7.60. The fraction of sp³-hybridized carbons (Fsp3) is 0.353. The fourth-order valence-corrected chi connectivity index (χ4v) is 3.21. The van der Waals surface area contributed by atoms with Gasteiger partial charge >= 0.3 is 0 Å². The number of nitrogens with zero attached hydrogens (tertiary/aromatic N) is 2. The van der Waals surface area contributed by atoms with Crippen LogP contribution in [0.15, 0.2) is 42.6 Å². The van der Waals surface area contributed by atoms with Crippen molar-refractivity contribution >= 4 is 17.3 Å². The number of thiocarbonyl (C=S) groups is 1. The lowest BCUT2D eigenvalue weighted by Crippen LogP contribution is -2.46. The molecule has 2 aromatic rings. The van der Waals surface area contributed by atoms with Crippen LogP contribution in [0.25, 0.3) is 0 Å². The van der Waals surface area contributed by atoms with Gasteiger partial charge in [0, 0.05) is 32.0 Å². The second-order valence-corrected chi connectivity index (χ2v) is 5.67. The van der Waals surface area contributed by atoms with E-state index in [1.807, 2.05) is 26.1 Å². The summed E-state index contributed by atoms with van der Waals surface area (Å²) in [7, 11) is 1.88. The van der Waals surface area contributed by atoms with Crippen LogP contribution in [0.5, 0.6) is 5.75 Å². The first-order valence-corrected chi connectivity index (χ1v) is 8.01. The van der Waals surface area contributed by atoms with Gasteiger partial charge in [-0.05, 0) is 49.0 Å². The van der Waals surface area contributed by atoms with E-state index in [1.54, 1.807) is 0 Å². The summed E-state index contributed by atoms with van der Waals surface area (Å²) in [5.41, 5.74) is 2.49. The lowest BCUT2D eigenvalue weighted by Gasteiger charge is -2.38. The van der Waals surface area contributed by atoms with E-state index in [0.29, 0.717) is 6.61 Å². The number of hydrogen-bond acceptors (Lipinski definition) is 2. The van der Waals surface area contributed by atoms with Gasteiger partial charge in [-0.3, -0.25) is 0 Å². The fourth-order valence-electron chi connectivity index (χ4n) is 3.01. The highest BCUT2D eigenvalue weighted by Crippen LogP contribution is 2.33. The molecule has 1 aromatic carbocycles. The molecule has 0 radical (unpaired) electrons. The molecule has 5 heteroatoms. The number of fused-ring (bicyclic) bond motifs is 1. The lowest BCUT2D eigenvalue weighted by molar-refractivity contribution is 0.287. The standard InChI is InChI=1S/C17H21N3OS/c1-3-21-14-8-6-13(7-9-14)16-15-5-4-10-19(15)11-12-20(16)17(22)18-2/h4-10,16H,3,11-12H2,1-2H3,(H,18,22)/t16-/m0/s1. The molecule has 0 saturated carbocycles. The minimum Gasteiger partial charge on any atom is -0.494 e. The van der Waals surface area contributed by atoms with Crippen molar-refractivity contribution in [2.45, 2.75) is 19.5 Å². The van der Waals surface area contributed by atoms with Gasteiger partial charge in [0.1, 0.15) is 5.75 Å². The first-order chi connectivity index (χ1) is 10.7. The number of ether oxygens (including phenoxy) is 1. The summed E-state index contributed by atoms with van der Waals surface area (Å²) in [5, 5.41) is 3.90. The van der Waals surface area contributed by atoms with Crippen molar-refractivity contribution in [3.8, 4) is 5.75 Å². The zero-order valence-corrected chi connectivity index (χ0v) is 13.8. The Labute approximate surface area is 136 Å². The molecular formula is C17H21N3OS. The molecule has 0 amide bonds. The molecule has 116 valence electrons. The zero-order valence-electron chi connectivity index (χ0n) is 13.0. The Kier molecular flexibility index (Phi) is 4.34. The molecule has 3 rings (SSSR count). The van der Waals surface area contributed by atoms with E-state index in [0.717, 1.165) is 24.0 Å². The maximum Gasteiger partial charge on any atom is 0.169 e. The van der Waals surface area contributed by atoms with Gasteiger partial charge in [-0.1, -0.05) is 12.1 Å². The molecule has 1 aliphatic heterocycles. The number of hydrogen-bond donors (Lipinski definition) is 1. The third-order valence-corrected chi connectivity index (χ3v) is 4.46. The Morgan fingerprint density at radius 2 is 2.05 bits per heavy atom. The lowest BCUT2D eigenvalue weighted by atomic mass is 10.0. The number of aromatic nitrogens is 1. The van der Waals surface area contributed by atoms with Crippen LogP contribution in [-0.4, -0.2) is 34.8 Å². The topological polar surface area (TPSA) is 29.4 Å². The average Bonchev–Trinajstić information content (AvgIpc) is 3.03. The van der Waals surface area contributed by atoms with Gasteiger partial charge < -0.3 is 19.5 Å². The average molecular weight is 315 g/mol. The Bertz CT molecular complexity index is 650. The minimum atomic E-state index is 0.138. The molecule has 22 heavy (non-hydrogen) atoms. The maximum atomic E-state index is 5.54. The Morgan fingerprint density at radius 3 is 2.73 bits per heavy atom. The molecule has 1 aromatic heterocycles. The van der Waals surface area contributed by atoms with Gasteiger partial charge in [0.25, 0.3) is 0 Å². The highest BCUT2D eigenvalue weighted by Gasteiger charge is 2.29. The third-order valence-electron chi connectivity index (χ3n) is 4.02. The number of benzene rings is 1. The van der Waals surface area contributed by atoms with Gasteiger partial charge in [-0.15, -0.1) is 0 Å². The molecule has 0 unspecified atom stereocenters. The van der Waals surface area contributed by atoms with Gasteiger partial charge in [-0.25, -0.2) is 0 Å². The van der Waals surface area contributed by atoms with Crippen molar-refractivity contribution in [1.29, 1.82) is 0 Å². The molecule has 1 atom stereocenters. The largest absolute Gasteiger partial charge is 0.494 e. The van der Waals surface area contributed by atoms with Crippen molar-refractivity contribution in [2.24, 2.45) is 0 Å². The summed E-state index contributed by atoms with van der Waals surface area (Å²) in [6.07, 6.45) is 2.14. The van der Waals surface area contributed by atoms with Crippen LogP contribution >= 0.6 is 12.2 Å². The smallest absolute Gasteiger partial charge is 0.169 e. The van der Waals surface area contributed by atoms with Crippen molar-refractivity contribution in [2.75, 3.05) is 20.2 Å². The van der Waals surface area contributed by atoms with Crippen LogP contribution in [0, 0.1) is 0 Å². The summed E-state index contributed by atoms with van der Waals surface area (Å²) in [4.78, 5) is 2.25. The highest BCUT2D eigenvalue weighted by atomic mass is 32.1. The van der Waals surface area contributed by atoms with E-state index in [9.17, 15) is 0 Å². The molecule has 0 fully saturated rings. The predicted octanol–water partition coefficient (Wildman–Crippen LogP) is 2.80. The predicted molar refractivity (Wildman–Crippen MR) is 92.2 cm³/mol. The van der Waals surface area contributed by atoms with E-state index >= 15 is 0 Å². The molecule has 0 spiro atoms. The SMILES string of the molecule is CCOc1ccc([C@H]2c3cccn3CCN2C(=S)NC)cc1. The highest BCUT2D eigenvalue weighted by molar-refractivity contribution is 7.80. The zero-order chi connectivity index (χ0) is 15.5. The Balaban J connectivity index is 1.98. The van der Waals surface area contributed by atoms with E-state index in [-0.39, 0.29) is 6.04 Å². The van der Waals surface area contributed by atoms with Crippen molar-refractivity contribution in [3.63, 3.8) is 0 Å². The van der Waals surface area contributed by atoms with Crippen LogP contribution in [-0.2, 0) is 6.54 Å². The van der Waals surface area contributed by atoms with Crippen molar-refractivity contribution in [1.82, 2.24) is 14.8 Å². The second kappa shape index (κ2) is 6.40. The van der Waals surface area contributed by atoms with E-state index in [2.05, 4.69) is 45.2 Å². The van der Waals surface area contributed by atoms with Crippen LogP contribution in [0.4, 0.5) is 0 Å². The third kappa shape index (κ3) is 2.68. The summed E-state index contributed by atoms with van der Waals surface area (Å²) >= 11 is 5.50. The van der Waals surface area contributed by atoms with Gasteiger partial charge in [0.2, 0.25) is 0 Å². The molecule has 1 N–H and O–H groups in total. The molecule has 0 saturated heterocycles. The molecule has 0 bridgehead atoms. The van der Waals surface area contributed by atoms with Crippen LogP contribution < -0.4 is 10.1 Å². The normalized spacial score (nSPS) is 17.0. The monoisotopic (exact) mass is 315 g/mol. The van der Waals surface area contributed by atoms with E-state index in [1.165, 1.54) is 11.3 Å². The van der Waals surface area contributed by atoms with Crippen molar-refractivity contribution < 1.29 is 4.74 Å². The van der Waals surface area contributed by atoms with Crippen LogP contribution in [0.1, 0.15) is 24.2 Å². The molecule has 4 nitrogen and oxygen atoms in total. The quantitative estimate of drug-likeness (QED) is 0.882. The summed E-state index contributed by atoms with van der Waals surface area (Å²) < 4.78 is 7.84. The Morgan fingerprint density at radius 1 is 1.27 bits per heavy atom. The maximum absolute atomic E-state index is 5.54. The van der Waals surface area contributed by atoms with Gasteiger partial charge in [0.05, 0.1) is 12.6 Å². The summed E-state index contributed by atoms with van der Waals surface area (Å²) in [5.74, 6) is 0.903. The Hall–Kier alpha value is -2.01. The molecule has 0 aliphatic carbocycles. The summed E-state index contributed by atoms with van der Waals surface area (Å²) in [6.45, 7) is 4.54. The molecular weight excluding hydrogens is 294 g/mol. The number of nitrogens with one attached hydrogen (secondary N) is 1. The molecule has 1 aliphatic rings. The van der Waals surface area contributed by atoms with Gasteiger partial charge in [-0.2, -0.15) is 0 Å². The minimum absolute atomic E-state index is 0.138. The van der Waals surface area contributed by atoms with Gasteiger partial charge in [0.15, 0.2) is 5.11 Å². The number of rotatable bonds is 3. The summed E-state index contributed by atoms with van der Waals surface area (Å²) in [6, 6.07) is 12.7.